The van der Waals surface area contributed by atoms with Crippen LogP contribution in [0.1, 0.15) is 56.8 Å². The molecule has 0 radical (unpaired) electrons. The summed E-state index contributed by atoms with van der Waals surface area (Å²) < 4.78 is 12.1. The van der Waals surface area contributed by atoms with Crippen LogP contribution in [0.3, 0.4) is 0 Å². The molecule has 1 aliphatic carbocycles. The molecular formula is C32H29N3O6. The average Bonchev–Trinajstić information content (AvgIpc) is 3.00. The summed E-state index contributed by atoms with van der Waals surface area (Å²) >= 11 is 0. The summed E-state index contributed by atoms with van der Waals surface area (Å²) in [5.41, 5.74) is 1.18. The van der Waals surface area contributed by atoms with E-state index in [1.54, 1.807) is 67.0 Å². The van der Waals surface area contributed by atoms with E-state index in [-0.39, 0.29) is 29.3 Å². The van der Waals surface area contributed by atoms with Gasteiger partial charge in [0.05, 0.1) is 22.9 Å². The molecule has 9 nitrogen and oxygen atoms in total. The van der Waals surface area contributed by atoms with E-state index < -0.39 is 11.9 Å². The standard InChI is InChI=1S/C32H29N3O6/c36-30(35-29-6-2-1-5-28(29)32(38)39)21-7-11-24(12-8-21)40-26-15-17-27(18-16-26)41-25-13-9-23(10-14-25)34-31(37)22-4-3-19-33-20-22/h1-8,11-12,15-20,23,25H,9-10,13-14H2,(H,34,37)(H,35,36)(H,38,39). The molecule has 208 valence electrons. The van der Waals surface area contributed by atoms with Crippen LogP contribution in [0.25, 0.3) is 0 Å². The zero-order chi connectivity index (χ0) is 28.6. The average molecular weight is 552 g/mol. The highest BCUT2D eigenvalue weighted by atomic mass is 16.5. The monoisotopic (exact) mass is 551 g/mol. The van der Waals surface area contributed by atoms with Crippen molar-refractivity contribution in [2.75, 3.05) is 5.32 Å². The number of rotatable bonds is 9. The van der Waals surface area contributed by atoms with Crippen molar-refractivity contribution in [1.29, 1.82) is 0 Å². The number of carbonyl (C=O) groups is 3. The molecule has 3 aromatic carbocycles. The van der Waals surface area contributed by atoms with Crippen LogP contribution in [0, 0.1) is 0 Å². The number of aromatic carboxylic acids is 1. The third-order valence-corrected chi connectivity index (χ3v) is 6.82. The van der Waals surface area contributed by atoms with Gasteiger partial charge in [-0.2, -0.15) is 0 Å². The lowest BCUT2D eigenvalue weighted by Gasteiger charge is -2.29. The summed E-state index contributed by atoms with van der Waals surface area (Å²) in [7, 11) is 0. The number of carboxylic acid groups (broad SMARTS) is 1. The molecule has 1 saturated carbocycles. The maximum Gasteiger partial charge on any atom is 0.337 e. The van der Waals surface area contributed by atoms with Gasteiger partial charge in [0.2, 0.25) is 0 Å². The number of hydrogen-bond donors (Lipinski definition) is 3. The molecular weight excluding hydrogens is 522 g/mol. The molecule has 1 aliphatic rings. The van der Waals surface area contributed by atoms with Gasteiger partial charge in [-0.15, -0.1) is 0 Å². The summed E-state index contributed by atoms with van der Waals surface area (Å²) in [6.45, 7) is 0. The van der Waals surface area contributed by atoms with Crippen molar-refractivity contribution in [1.82, 2.24) is 10.3 Å². The quantitative estimate of drug-likeness (QED) is 0.235. The SMILES string of the molecule is O=C(Nc1ccccc1C(=O)O)c1ccc(Oc2ccc(OC3CCC(NC(=O)c4cccnc4)CC3)cc2)cc1. The summed E-state index contributed by atoms with van der Waals surface area (Å²) in [4.78, 5) is 40.3. The van der Waals surface area contributed by atoms with Gasteiger partial charge in [0.1, 0.15) is 17.2 Å². The molecule has 1 fully saturated rings. The van der Waals surface area contributed by atoms with Crippen LogP contribution in [-0.2, 0) is 0 Å². The van der Waals surface area contributed by atoms with E-state index in [9.17, 15) is 19.5 Å². The van der Waals surface area contributed by atoms with Gasteiger partial charge < -0.3 is 25.2 Å². The molecule has 0 bridgehead atoms. The molecule has 4 aromatic rings. The van der Waals surface area contributed by atoms with Crippen LogP contribution in [0.5, 0.6) is 17.2 Å². The molecule has 9 heteroatoms. The molecule has 0 aliphatic heterocycles. The minimum Gasteiger partial charge on any atom is -0.490 e. The van der Waals surface area contributed by atoms with Crippen LogP contribution in [0.2, 0.25) is 0 Å². The second kappa shape index (κ2) is 12.8. The van der Waals surface area contributed by atoms with Crippen molar-refractivity contribution in [3.8, 4) is 17.2 Å². The Morgan fingerprint density at radius 2 is 1.39 bits per heavy atom. The number of benzene rings is 3. The van der Waals surface area contributed by atoms with Crippen LogP contribution >= 0.6 is 0 Å². The number of para-hydroxylation sites is 1. The van der Waals surface area contributed by atoms with Crippen molar-refractivity contribution in [2.24, 2.45) is 0 Å². The predicted octanol–water partition coefficient (Wildman–Crippen LogP) is 5.94. The Bertz CT molecular complexity index is 1500. The van der Waals surface area contributed by atoms with Gasteiger partial charge in [-0.25, -0.2) is 4.79 Å². The van der Waals surface area contributed by atoms with E-state index in [0.29, 0.717) is 22.6 Å². The maximum absolute atomic E-state index is 12.6. The first-order valence-electron chi connectivity index (χ1n) is 13.3. The van der Waals surface area contributed by atoms with Crippen LogP contribution in [0.4, 0.5) is 5.69 Å². The zero-order valence-electron chi connectivity index (χ0n) is 22.2. The molecule has 2 amide bonds. The second-order valence-electron chi connectivity index (χ2n) is 9.71. The third kappa shape index (κ3) is 7.27. The number of carbonyl (C=O) groups excluding carboxylic acids is 2. The lowest BCUT2D eigenvalue weighted by atomic mass is 9.92. The third-order valence-electron chi connectivity index (χ3n) is 6.82. The Balaban J connectivity index is 1.09. The van der Waals surface area contributed by atoms with Gasteiger partial charge in [0, 0.05) is 24.0 Å². The normalized spacial score (nSPS) is 16.3. The second-order valence-corrected chi connectivity index (χ2v) is 9.71. The highest BCUT2D eigenvalue weighted by Crippen LogP contribution is 2.28. The highest BCUT2D eigenvalue weighted by Gasteiger charge is 2.24. The number of nitrogens with one attached hydrogen (secondary N) is 2. The molecule has 1 aromatic heterocycles. The zero-order valence-corrected chi connectivity index (χ0v) is 22.2. The molecule has 41 heavy (non-hydrogen) atoms. The number of nitrogens with zero attached hydrogens (tertiary/aromatic N) is 1. The number of amides is 2. The fourth-order valence-corrected chi connectivity index (χ4v) is 4.65. The Morgan fingerprint density at radius 3 is 2.05 bits per heavy atom. The lowest BCUT2D eigenvalue weighted by Crippen LogP contribution is -2.39. The number of carboxylic acids is 1. The van der Waals surface area contributed by atoms with E-state index in [2.05, 4.69) is 15.6 Å². The van der Waals surface area contributed by atoms with Crippen LogP contribution < -0.4 is 20.1 Å². The largest absolute Gasteiger partial charge is 0.490 e. The summed E-state index contributed by atoms with van der Waals surface area (Å²) in [6, 6.07) is 23.8. The first kappa shape index (κ1) is 27.4. The molecule has 5 rings (SSSR count). The molecule has 3 N–H and O–H groups in total. The minimum atomic E-state index is -1.11. The van der Waals surface area contributed by atoms with Crippen molar-refractivity contribution in [3.05, 3.63) is 114 Å². The summed E-state index contributed by atoms with van der Waals surface area (Å²) in [5, 5.41) is 15.0. The molecule has 0 unspecified atom stereocenters. The van der Waals surface area contributed by atoms with Crippen LogP contribution in [0.15, 0.2) is 97.3 Å². The van der Waals surface area contributed by atoms with Gasteiger partial charge in [0.25, 0.3) is 11.8 Å². The Hall–Kier alpha value is -5.18. The molecule has 1 heterocycles. The predicted molar refractivity (Wildman–Crippen MR) is 153 cm³/mol. The van der Waals surface area contributed by atoms with E-state index in [0.717, 1.165) is 31.4 Å². The Morgan fingerprint density at radius 1 is 0.732 bits per heavy atom. The molecule has 0 saturated heterocycles. The summed E-state index contributed by atoms with van der Waals surface area (Å²) in [5.74, 6) is 0.277. The fourth-order valence-electron chi connectivity index (χ4n) is 4.65. The van der Waals surface area contributed by atoms with Crippen molar-refractivity contribution < 1.29 is 29.0 Å². The lowest BCUT2D eigenvalue weighted by molar-refractivity contribution is 0.0697. The number of aromatic nitrogens is 1. The van der Waals surface area contributed by atoms with E-state index in [1.165, 1.54) is 6.07 Å². The van der Waals surface area contributed by atoms with Crippen molar-refractivity contribution in [2.45, 2.75) is 37.8 Å². The van der Waals surface area contributed by atoms with Gasteiger partial charge >= 0.3 is 5.97 Å². The first-order chi connectivity index (χ1) is 19.9. The topological polar surface area (TPSA) is 127 Å². The number of hydrogen-bond acceptors (Lipinski definition) is 6. The molecule has 0 atom stereocenters. The van der Waals surface area contributed by atoms with Gasteiger partial charge in [-0.3, -0.25) is 14.6 Å². The Kier molecular flexibility index (Phi) is 8.54. The fraction of sp³-hybridized carbons (Fsp3) is 0.188. The van der Waals surface area contributed by atoms with Gasteiger partial charge in [-0.05, 0) is 98.5 Å². The Labute approximate surface area is 237 Å². The smallest absolute Gasteiger partial charge is 0.337 e. The minimum absolute atomic E-state index is 0.0196. The summed E-state index contributed by atoms with van der Waals surface area (Å²) in [6.07, 6.45) is 6.67. The number of anilines is 1. The number of pyridine rings is 1. The van der Waals surface area contributed by atoms with E-state index in [1.807, 2.05) is 24.3 Å². The van der Waals surface area contributed by atoms with Gasteiger partial charge in [-0.1, -0.05) is 12.1 Å². The molecule has 0 spiro atoms. The number of ether oxygens (including phenoxy) is 2. The van der Waals surface area contributed by atoms with Crippen molar-refractivity contribution in [3.63, 3.8) is 0 Å². The van der Waals surface area contributed by atoms with E-state index >= 15 is 0 Å². The van der Waals surface area contributed by atoms with Crippen LogP contribution in [-0.4, -0.2) is 40.0 Å². The highest BCUT2D eigenvalue weighted by molar-refractivity contribution is 6.07. The first-order valence-corrected chi connectivity index (χ1v) is 13.3. The van der Waals surface area contributed by atoms with E-state index in [4.69, 9.17) is 9.47 Å². The van der Waals surface area contributed by atoms with Crippen molar-refractivity contribution >= 4 is 23.5 Å². The maximum atomic E-state index is 12.6. The van der Waals surface area contributed by atoms with Gasteiger partial charge in [0.15, 0.2) is 0 Å².